The number of hydrogen-bond donors (Lipinski definition) is 0. The molecule has 0 amide bonds. The lowest BCUT2D eigenvalue weighted by Gasteiger charge is -2.21. The molecule has 0 bridgehead atoms. The maximum Gasteiger partial charge on any atom is 0.293 e. The highest BCUT2D eigenvalue weighted by atomic mass is 32.2. The summed E-state index contributed by atoms with van der Waals surface area (Å²) in [5.41, 5.74) is -1.40. The molecule has 0 N–H and O–H groups in total. The molecule has 5 nitrogen and oxygen atoms in total. The van der Waals surface area contributed by atoms with E-state index in [2.05, 4.69) is 10.2 Å². The third kappa shape index (κ3) is 4.27. The number of hydrogen-bond acceptors (Lipinski definition) is 5. The summed E-state index contributed by atoms with van der Waals surface area (Å²) in [6, 6.07) is 0. The molecule has 0 aromatic carbocycles. The maximum atomic E-state index is 12.1. The first-order valence-corrected chi connectivity index (χ1v) is 7.09. The van der Waals surface area contributed by atoms with Gasteiger partial charge in [-0.15, -0.1) is 0 Å². The van der Waals surface area contributed by atoms with Crippen molar-refractivity contribution in [3.63, 3.8) is 0 Å². The van der Waals surface area contributed by atoms with Crippen molar-refractivity contribution in [1.29, 1.82) is 0 Å². The topological polar surface area (TPSA) is 62.1 Å². The second kappa shape index (κ2) is 4.56. The molecule has 1 saturated heterocycles. The molecule has 2 aliphatic heterocycles. The van der Waals surface area contributed by atoms with E-state index in [1.54, 1.807) is 0 Å². The van der Waals surface area contributed by atoms with E-state index >= 15 is 0 Å². The van der Waals surface area contributed by atoms with Crippen LogP contribution in [0.2, 0.25) is 0 Å². The number of alkyl halides is 2. The maximum absolute atomic E-state index is 12.1. The molecular weight excluding hydrogens is 252 g/mol. The second-order valence-corrected chi connectivity index (χ2v) is 6.87. The van der Waals surface area contributed by atoms with Crippen LogP contribution in [0, 0.1) is 0 Å². The predicted molar refractivity (Wildman–Crippen MR) is 60.0 cm³/mol. The van der Waals surface area contributed by atoms with E-state index < -0.39 is 21.4 Å². The quantitative estimate of drug-likeness (QED) is 0.718. The normalized spacial score (nSPS) is 25.9. The van der Waals surface area contributed by atoms with Crippen LogP contribution in [0.1, 0.15) is 13.8 Å². The fourth-order valence-corrected chi connectivity index (χ4v) is 2.44. The van der Waals surface area contributed by atoms with E-state index in [0.717, 1.165) is 6.92 Å². The van der Waals surface area contributed by atoms with Crippen molar-refractivity contribution < 1.29 is 17.2 Å². The van der Waals surface area contributed by atoms with Crippen LogP contribution in [0.3, 0.4) is 0 Å². The van der Waals surface area contributed by atoms with Crippen molar-refractivity contribution in [2.24, 2.45) is 10.2 Å². The van der Waals surface area contributed by atoms with E-state index in [1.165, 1.54) is 6.92 Å². The highest BCUT2D eigenvalue weighted by molar-refractivity contribution is 7.91. The Morgan fingerprint density at radius 3 is 1.82 bits per heavy atom. The largest absolute Gasteiger partial charge is 0.304 e. The van der Waals surface area contributed by atoms with E-state index in [-0.39, 0.29) is 0 Å². The van der Waals surface area contributed by atoms with Crippen molar-refractivity contribution in [1.82, 2.24) is 4.90 Å². The van der Waals surface area contributed by atoms with Gasteiger partial charge in [0.05, 0.1) is 11.5 Å². The van der Waals surface area contributed by atoms with E-state index in [1.807, 2.05) is 11.9 Å². The van der Waals surface area contributed by atoms with Crippen LogP contribution in [0.15, 0.2) is 10.2 Å². The van der Waals surface area contributed by atoms with Crippen molar-refractivity contribution in [2.45, 2.75) is 25.4 Å². The highest BCUT2D eigenvalue weighted by Gasteiger charge is 2.54. The lowest BCUT2D eigenvalue weighted by Crippen LogP contribution is -2.37. The van der Waals surface area contributed by atoms with Gasteiger partial charge in [-0.05, 0) is 14.0 Å². The second-order valence-electron chi connectivity index (χ2n) is 4.56. The van der Waals surface area contributed by atoms with Crippen molar-refractivity contribution in [3.8, 4) is 0 Å². The fourth-order valence-electron chi connectivity index (χ4n) is 1.05. The molecular formula is C9H17F2N3O2S. The number of sulfone groups is 1. The molecule has 2 heterocycles. The molecule has 100 valence electrons. The third-order valence-corrected chi connectivity index (χ3v) is 4.41. The third-order valence-electron chi connectivity index (χ3n) is 2.80. The molecule has 2 aliphatic rings. The predicted octanol–water partition coefficient (Wildman–Crippen LogP) is 1.17. The number of nitrogens with zero attached hydrogens (tertiary/aromatic N) is 3. The van der Waals surface area contributed by atoms with Gasteiger partial charge in [0.25, 0.3) is 5.92 Å². The monoisotopic (exact) mass is 269 g/mol. The van der Waals surface area contributed by atoms with Gasteiger partial charge in [0.2, 0.25) is 5.66 Å². The first-order valence-electron chi connectivity index (χ1n) is 5.27. The molecule has 0 atom stereocenters. The lowest BCUT2D eigenvalue weighted by molar-refractivity contribution is -0.0185. The van der Waals surface area contributed by atoms with Gasteiger partial charge in [0.15, 0.2) is 9.84 Å². The Morgan fingerprint density at radius 1 is 1.24 bits per heavy atom. The molecule has 0 spiro atoms. The first-order chi connectivity index (χ1) is 7.56. The van der Waals surface area contributed by atoms with Gasteiger partial charge in [-0.25, -0.2) is 17.2 Å². The Kier molecular flexibility index (Phi) is 3.87. The Labute approximate surface area is 99.8 Å². The first kappa shape index (κ1) is 14.4. The van der Waals surface area contributed by atoms with Crippen LogP contribution in [0.4, 0.5) is 8.78 Å². The fraction of sp³-hybridized carbons (Fsp3) is 1.00. The summed E-state index contributed by atoms with van der Waals surface area (Å²) in [6.45, 7) is 3.50. The number of rotatable bonds is 1. The summed E-state index contributed by atoms with van der Waals surface area (Å²) < 4.78 is 45.7. The molecule has 0 aliphatic carbocycles. The molecule has 0 aromatic heterocycles. The Morgan fingerprint density at radius 2 is 1.65 bits per heavy atom. The van der Waals surface area contributed by atoms with Crippen LogP contribution in [0.25, 0.3) is 0 Å². The molecule has 0 radical (unpaired) electrons. The van der Waals surface area contributed by atoms with Gasteiger partial charge < -0.3 is 4.90 Å². The Balaban J connectivity index is 0.000000171. The molecule has 2 rings (SSSR count). The molecule has 1 fully saturated rings. The van der Waals surface area contributed by atoms with Gasteiger partial charge in [0, 0.05) is 20.0 Å². The molecule has 8 heteroatoms. The summed E-state index contributed by atoms with van der Waals surface area (Å²) in [4.78, 5) is 2.03. The van der Waals surface area contributed by atoms with E-state index in [9.17, 15) is 17.2 Å². The summed E-state index contributed by atoms with van der Waals surface area (Å²) >= 11 is 0. The van der Waals surface area contributed by atoms with Crippen LogP contribution in [-0.2, 0) is 9.84 Å². The summed E-state index contributed by atoms with van der Waals surface area (Å²) in [6.07, 6.45) is 0. The molecule has 0 saturated carbocycles. The van der Waals surface area contributed by atoms with Crippen molar-refractivity contribution in [2.75, 3.05) is 31.6 Å². The smallest absolute Gasteiger partial charge is 0.293 e. The van der Waals surface area contributed by atoms with Gasteiger partial charge in [-0.3, -0.25) is 0 Å². The molecule has 0 aromatic rings. The Hall–Kier alpha value is -0.630. The standard InChI is InChI=1S/C5H11NO2S.C4H6F2N2/c1-6-2-4-9(7,8)5-3-6;1-3(5,6)4(2)7-8-4/h2-5H2,1H3;1-2H3. The average molecular weight is 269 g/mol. The molecule has 0 unspecified atom stereocenters. The average Bonchev–Trinajstić information content (AvgIpc) is 2.91. The van der Waals surface area contributed by atoms with Gasteiger partial charge in [0.1, 0.15) is 0 Å². The van der Waals surface area contributed by atoms with E-state index in [0.29, 0.717) is 24.6 Å². The Bertz CT molecular complexity index is 380. The van der Waals surface area contributed by atoms with Crippen LogP contribution in [0.5, 0.6) is 0 Å². The van der Waals surface area contributed by atoms with Gasteiger partial charge in [-0.2, -0.15) is 10.2 Å². The number of halogens is 2. The van der Waals surface area contributed by atoms with Crippen LogP contribution in [-0.4, -0.2) is 56.5 Å². The van der Waals surface area contributed by atoms with Crippen molar-refractivity contribution >= 4 is 9.84 Å². The highest BCUT2D eigenvalue weighted by Crippen LogP contribution is 2.41. The zero-order valence-corrected chi connectivity index (χ0v) is 11.0. The van der Waals surface area contributed by atoms with E-state index in [4.69, 9.17) is 0 Å². The van der Waals surface area contributed by atoms with Crippen LogP contribution >= 0.6 is 0 Å². The minimum Gasteiger partial charge on any atom is -0.304 e. The summed E-state index contributed by atoms with van der Waals surface area (Å²) in [5.74, 6) is -2.11. The summed E-state index contributed by atoms with van der Waals surface area (Å²) in [5, 5.41) is 6.36. The van der Waals surface area contributed by atoms with Gasteiger partial charge in [-0.1, -0.05) is 0 Å². The SMILES string of the molecule is CC(F)(F)C1(C)N=N1.CN1CCS(=O)(=O)CC1. The lowest BCUT2D eigenvalue weighted by atomic mass is 10.1. The zero-order valence-electron chi connectivity index (χ0n) is 10.2. The van der Waals surface area contributed by atoms with Gasteiger partial charge >= 0.3 is 0 Å². The van der Waals surface area contributed by atoms with Crippen molar-refractivity contribution in [3.05, 3.63) is 0 Å². The minimum absolute atomic E-state index is 0.337. The molecule has 17 heavy (non-hydrogen) atoms. The summed E-state index contributed by atoms with van der Waals surface area (Å²) in [7, 11) is -0.718. The van der Waals surface area contributed by atoms with Crippen LogP contribution < -0.4 is 0 Å². The zero-order chi connectivity index (χ0) is 13.3. The minimum atomic E-state index is -2.78.